The third-order valence-electron chi connectivity index (χ3n) is 4.04. The molecule has 1 aromatic rings. The van der Waals surface area contributed by atoms with Crippen LogP contribution in [0.15, 0.2) is 24.3 Å². The van der Waals surface area contributed by atoms with E-state index in [-0.39, 0.29) is 5.91 Å². The van der Waals surface area contributed by atoms with Crippen molar-refractivity contribution in [1.82, 2.24) is 4.90 Å². The Labute approximate surface area is 125 Å². The molecule has 1 aromatic carbocycles. The molecule has 1 amide bonds. The van der Waals surface area contributed by atoms with Crippen LogP contribution < -0.4 is 5.73 Å². The number of nitrogens with zero attached hydrogens (tertiary/aromatic N) is 1. The van der Waals surface area contributed by atoms with E-state index in [1.54, 1.807) is 11.9 Å². The molecule has 3 N–H and O–H groups in total. The fraction of sp³-hybridized carbons (Fsp3) is 0.562. The maximum absolute atomic E-state index is 12.2. The van der Waals surface area contributed by atoms with Gasteiger partial charge in [0.2, 0.25) is 5.91 Å². The fourth-order valence-corrected chi connectivity index (χ4v) is 2.63. The van der Waals surface area contributed by atoms with Crippen molar-refractivity contribution in [3.63, 3.8) is 0 Å². The van der Waals surface area contributed by atoms with Gasteiger partial charge in [0, 0.05) is 51.8 Å². The highest BCUT2D eigenvalue weighted by Crippen LogP contribution is 2.22. The molecule has 0 bridgehead atoms. The van der Waals surface area contributed by atoms with Crippen LogP contribution in [0.5, 0.6) is 0 Å². The summed E-state index contributed by atoms with van der Waals surface area (Å²) in [4.78, 5) is 13.8. The van der Waals surface area contributed by atoms with Gasteiger partial charge in [0.1, 0.15) is 0 Å². The van der Waals surface area contributed by atoms with Gasteiger partial charge in [-0.3, -0.25) is 4.79 Å². The number of benzene rings is 1. The summed E-state index contributed by atoms with van der Waals surface area (Å²) in [5.41, 5.74) is 6.77. The van der Waals surface area contributed by atoms with Gasteiger partial charge in [-0.1, -0.05) is 18.2 Å². The quantitative estimate of drug-likeness (QED) is 0.800. The van der Waals surface area contributed by atoms with Crippen molar-refractivity contribution in [1.29, 1.82) is 0 Å². The van der Waals surface area contributed by atoms with Crippen LogP contribution in [0.25, 0.3) is 0 Å². The number of anilines is 1. The normalized spacial score (nSPS) is 17.4. The number of carbonyl (C=O) groups is 1. The van der Waals surface area contributed by atoms with E-state index in [0.717, 1.165) is 11.3 Å². The number of amides is 1. The molecule has 21 heavy (non-hydrogen) atoms. The van der Waals surface area contributed by atoms with Crippen LogP contribution in [-0.2, 0) is 16.0 Å². The Morgan fingerprint density at radius 2 is 2.05 bits per heavy atom. The number of aryl methyl sites for hydroxylation is 1. The molecule has 0 unspecified atom stereocenters. The van der Waals surface area contributed by atoms with Crippen molar-refractivity contribution in [2.45, 2.75) is 31.3 Å². The van der Waals surface area contributed by atoms with E-state index >= 15 is 0 Å². The third kappa shape index (κ3) is 4.44. The van der Waals surface area contributed by atoms with Gasteiger partial charge in [-0.05, 0) is 18.1 Å². The number of aliphatic hydroxyl groups is 1. The first kappa shape index (κ1) is 15.8. The smallest absolute Gasteiger partial charge is 0.222 e. The summed E-state index contributed by atoms with van der Waals surface area (Å²) in [6.07, 6.45) is 2.18. The monoisotopic (exact) mass is 292 g/mol. The molecule has 5 heteroatoms. The van der Waals surface area contributed by atoms with Crippen LogP contribution in [0.4, 0.5) is 5.69 Å². The van der Waals surface area contributed by atoms with Crippen molar-refractivity contribution in [2.75, 3.05) is 32.5 Å². The van der Waals surface area contributed by atoms with E-state index < -0.39 is 5.60 Å². The van der Waals surface area contributed by atoms with E-state index in [2.05, 4.69) is 0 Å². The van der Waals surface area contributed by atoms with Crippen LogP contribution in [0, 0.1) is 0 Å². The van der Waals surface area contributed by atoms with E-state index in [1.165, 1.54) is 0 Å². The highest BCUT2D eigenvalue weighted by molar-refractivity contribution is 5.76. The SMILES string of the molecule is CN(CC1(O)CCOCC1)C(=O)CCc1ccccc1N. The summed E-state index contributed by atoms with van der Waals surface area (Å²) < 4.78 is 5.25. The lowest BCUT2D eigenvalue weighted by Gasteiger charge is -2.35. The Balaban J connectivity index is 1.84. The van der Waals surface area contributed by atoms with Crippen LogP contribution in [0.3, 0.4) is 0 Å². The number of likely N-dealkylation sites (N-methyl/N-ethyl adjacent to an activating group) is 1. The van der Waals surface area contributed by atoms with E-state index in [0.29, 0.717) is 45.4 Å². The minimum atomic E-state index is -0.811. The van der Waals surface area contributed by atoms with Crippen molar-refractivity contribution < 1.29 is 14.6 Å². The first-order valence-corrected chi connectivity index (χ1v) is 7.38. The lowest BCUT2D eigenvalue weighted by atomic mass is 9.94. The Morgan fingerprint density at radius 1 is 1.38 bits per heavy atom. The molecular weight excluding hydrogens is 268 g/mol. The molecular formula is C16H24N2O3. The number of ether oxygens (including phenoxy) is 1. The molecule has 2 rings (SSSR count). The van der Waals surface area contributed by atoms with Gasteiger partial charge in [-0.15, -0.1) is 0 Å². The standard InChI is InChI=1S/C16H24N2O3/c1-18(12-16(20)8-10-21-11-9-16)15(19)7-6-13-4-2-3-5-14(13)17/h2-5,20H,6-12,17H2,1H3. The first-order chi connectivity index (χ1) is 10.0. The number of hydrogen-bond acceptors (Lipinski definition) is 4. The minimum absolute atomic E-state index is 0.0261. The van der Waals surface area contributed by atoms with Crippen molar-refractivity contribution in [2.24, 2.45) is 0 Å². The van der Waals surface area contributed by atoms with Gasteiger partial charge in [0.05, 0.1) is 5.60 Å². The topological polar surface area (TPSA) is 75.8 Å². The second-order valence-corrected chi connectivity index (χ2v) is 5.79. The molecule has 1 heterocycles. The predicted molar refractivity (Wildman–Crippen MR) is 81.8 cm³/mol. The third-order valence-corrected chi connectivity index (χ3v) is 4.04. The molecule has 0 saturated carbocycles. The Kier molecular flexibility index (Phi) is 5.20. The van der Waals surface area contributed by atoms with Crippen LogP contribution in [-0.4, -0.2) is 48.3 Å². The predicted octanol–water partition coefficient (Wildman–Crippen LogP) is 1.20. The number of para-hydroxylation sites is 1. The Hall–Kier alpha value is -1.59. The number of nitrogen functional groups attached to an aromatic ring is 1. The number of hydrogen-bond donors (Lipinski definition) is 2. The number of carbonyl (C=O) groups excluding carboxylic acids is 1. The van der Waals surface area contributed by atoms with Gasteiger partial charge in [-0.25, -0.2) is 0 Å². The van der Waals surface area contributed by atoms with E-state index in [1.807, 2.05) is 24.3 Å². The molecule has 1 aliphatic rings. The molecule has 0 spiro atoms. The lowest BCUT2D eigenvalue weighted by Crippen LogP contribution is -2.47. The minimum Gasteiger partial charge on any atom is -0.399 e. The molecule has 1 aliphatic heterocycles. The maximum atomic E-state index is 12.2. The van der Waals surface area contributed by atoms with Crippen molar-refractivity contribution in [3.8, 4) is 0 Å². The summed E-state index contributed by atoms with van der Waals surface area (Å²) in [5, 5.41) is 10.4. The highest BCUT2D eigenvalue weighted by Gasteiger charge is 2.32. The molecule has 1 saturated heterocycles. The van der Waals surface area contributed by atoms with Gasteiger partial charge in [0.15, 0.2) is 0 Å². The molecule has 116 valence electrons. The van der Waals surface area contributed by atoms with Crippen LogP contribution in [0.1, 0.15) is 24.8 Å². The zero-order valence-corrected chi connectivity index (χ0v) is 12.5. The summed E-state index contributed by atoms with van der Waals surface area (Å²) in [6, 6.07) is 7.58. The van der Waals surface area contributed by atoms with Crippen molar-refractivity contribution in [3.05, 3.63) is 29.8 Å². The summed E-state index contributed by atoms with van der Waals surface area (Å²) in [5.74, 6) is 0.0261. The van der Waals surface area contributed by atoms with Gasteiger partial charge in [-0.2, -0.15) is 0 Å². The molecule has 0 radical (unpaired) electrons. The van der Waals surface area contributed by atoms with Crippen LogP contribution in [0.2, 0.25) is 0 Å². The number of rotatable bonds is 5. The lowest BCUT2D eigenvalue weighted by molar-refractivity contribution is -0.136. The Bertz CT molecular complexity index is 484. The molecule has 5 nitrogen and oxygen atoms in total. The average molecular weight is 292 g/mol. The second-order valence-electron chi connectivity index (χ2n) is 5.79. The fourth-order valence-electron chi connectivity index (χ4n) is 2.63. The van der Waals surface area contributed by atoms with Gasteiger partial charge < -0.3 is 20.5 Å². The average Bonchev–Trinajstić information content (AvgIpc) is 2.46. The van der Waals surface area contributed by atoms with Crippen molar-refractivity contribution >= 4 is 11.6 Å². The zero-order valence-electron chi connectivity index (χ0n) is 12.5. The number of nitrogens with two attached hydrogens (primary N) is 1. The second kappa shape index (κ2) is 6.91. The van der Waals surface area contributed by atoms with Gasteiger partial charge >= 0.3 is 0 Å². The Morgan fingerprint density at radius 3 is 2.71 bits per heavy atom. The zero-order chi connectivity index (χ0) is 15.3. The van der Waals surface area contributed by atoms with Crippen LogP contribution >= 0.6 is 0 Å². The summed E-state index contributed by atoms with van der Waals surface area (Å²) >= 11 is 0. The summed E-state index contributed by atoms with van der Waals surface area (Å²) in [6.45, 7) is 1.47. The van der Waals surface area contributed by atoms with E-state index in [9.17, 15) is 9.90 Å². The largest absolute Gasteiger partial charge is 0.399 e. The first-order valence-electron chi connectivity index (χ1n) is 7.38. The molecule has 0 aromatic heterocycles. The molecule has 0 atom stereocenters. The van der Waals surface area contributed by atoms with E-state index in [4.69, 9.17) is 10.5 Å². The highest BCUT2D eigenvalue weighted by atomic mass is 16.5. The molecule has 0 aliphatic carbocycles. The summed E-state index contributed by atoms with van der Waals surface area (Å²) in [7, 11) is 1.74. The maximum Gasteiger partial charge on any atom is 0.222 e. The molecule has 1 fully saturated rings. The van der Waals surface area contributed by atoms with Gasteiger partial charge in [0.25, 0.3) is 0 Å².